The molecule has 0 radical (unpaired) electrons. The van der Waals surface area contributed by atoms with Gasteiger partial charge in [-0.05, 0) is 48.7 Å². The Balaban J connectivity index is 2.10. The Hall–Kier alpha value is -1.87. The topological polar surface area (TPSA) is 21.3 Å². The summed E-state index contributed by atoms with van der Waals surface area (Å²) in [6, 6.07) is 15.3. The van der Waals surface area contributed by atoms with Gasteiger partial charge in [-0.3, -0.25) is 0 Å². The number of ether oxygens (including phenoxy) is 1. The minimum atomic E-state index is -0.217. The third-order valence-corrected chi connectivity index (χ3v) is 3.60. The lowest BCUT2D eigenvalue weighted by Gasteiger charge is -2.19. The van der Waals surface area contributed by atoms with Crippen LogP contribution in [-0.2, 0) is 6.42 Å². The second kappa shape index (κ2) is 7.79. The monoisotopic (exact) mass is 287 g/mol. The number of hydrogen-bond acceptors (Lipinski definition) is 2. The molecule has 112 valence electrons. The van der Waals surface area contributed by atoms with E-state index in [9.17, 15) is 4.39 Å². The number of halogens is 1. The Kier molecular flexibility index (Phi) is 5.76. The van der Waals surface area contributed by atoms with Crippen molar-refractivity contribution in [2.45, 2.75) is 25.8 Å². The summed E-state index contributed by atoms with van der Waals surface area (Å²) in [5.41, 5.74) is 2.17. The molecule has 2 aromatic carbocycles. The van der Waals surface area contributed by atoms with Crippen LogP contribution in [0.1, 0.15) is 30.5 Å². The van der Waals surface area contributed by atoms with Crippen molar-refractivity contribution in [3.8, 4) is 5.75 Å². The van der Waals surface area contributed by atoms with Gasteiger partial charge in [0.1, 0.15) is 11.6 Å². The highest BCUT2D eigenvalue weighted by molar-refractivity contribution is 5.34. The van der Waals surface area contributed by atoms with E-state index in [0.717, 1.165) is 30.7 Å². The van der Waals surface area contributed by atoms with Crippen LogP contribution in [0.4, 0.5) is 4.39 Å². The van der Waals surface area contributed by atoms with Crippen molar-refractivity contribution < 1.29 is 9.13 Å². The number of nitrogens with one attached hydrogen (secondary N) is 1. The van der Waals surface area contributed by atoms with E-state index in [1.54, 1.807) is 19.2 Å². The van der Waals surface area contributed by atoms with Crippen LogP contribution in [0.15, 0.2) is 48.5 Å². The zero-order valence-electron chi connectivity index (χ0n) is 12.6. The lowest BCUT2D eigenvalue weighted by Crippen LogP contribution is -2.21. The van der Waals surface area contributed by atoms with Gasteiger partial charge in [0.05, 0.1) is 7.11 Å². The number of benzene rings is 2. The smallest absolute Gasteiger partial charge is 0.123 e. The van der Waals surface area contributed by atoms with Crippen LogP contribution in [0.2, 0.25) is 0 Å². The fraction of sp³-hybridized carbons (Fsp3) is 0.333. The standard InChI is InChI=1S/C18H22FNO/c1-3-20-17(14-7-5-4-6-8-14)11-9-15-13-16(19)10-12-18(15)21-2/h4-8,10,12-13,17,20H,3,9,11H2,1-2H3. The second-order valence-electron chi connectivity index (χ2n) is 5.02. The van der Waals surface area contributed by atoms with E-state index in [2.05, 4.69) is 24.4 Å². The first-order valence-electron chi connectivity index (χ1n) is 7.35. The second-order valence-corrected chi connectivity index (χ2v) is 5.02. The maximum atomic E-state index is 13.4. The van der Waals surface area contributed by atoms with Crippen LogP contribution in [0.5, 0.6) is 5.75 Å². The van der Waals surface area contributed by atoms with Gasteiger partial charge in [0.2, 0.25) is 0 Å². The Morgan fingerprint density at radius 1 is 1.14 bits per heavy atom. The van der Waals surface area contributed by atoms with Gasteiger partial charge >= 0.3 is 0 Å². The SMILES string of the molecule is CCNC(CCc1cc(F)ccc1OC)c1ccccc1. The van der Waals surface area contributed by atoms with Crippen molar-refractivity contribution in [1.29, 1.82) is 0 Å². The Morgan fingerprint density at radius 2 is 1.90 bits per heavy atom. The van der Waals surface area contributed by atoms with Gasteiger partial charge < -0.3 is 10.1 Å². The summed E-state index contributed by atoms with van der Waals surface area (Å²) in [6.45, 7) is 3.00. The first-order chi connectivity index (χ1) is 10.2. The number of hydrogen-bond donors (Lipinski definition) is 1. The first-order valence-corrected chi connectivity index (χ1v) is 7.35. The number of rotatable bonds is 7. The summed E-state index contributed by atoms with van der Waals surface area (Å²) in [6.07, 6.45) is 1.67. The lowest BCUT2D eigenvalue weighted by atomic mass is 9.98. The molecule has 1 unspecified atom stereocenters. The zero-order chi connectivity index (χ0) is 15.1. The van der Waals surface area contributed by atoms with Crippen molar-refractivity contribution in [1.82, 2.24) is 5.32 Å². The molecule has 0 aliphatic heterocycles. The van der Waals surface area contributed by atoms with E-state index in [4.69, 9.17) is 4.74 Å². The summed E-state index contributed by atoms with van der Waals surface area (Å²) in [5, 5.41) is 3.49. The molecule has 0 saturated heterocycles. The van der Waals surface area contributed by atoms with Crippen molar-refractivity contribution in [2.75, 3.05) is 13.7 Å². The van der Waals surface area contributed by atoms with E-state index >= 15 is 0 Å². The van der Waals surface area contributed by atoms with Crippen molar-refractivity contribution in [2.24, 2.45) is 0 Å². The van der Waals surface area contributed by atoms with E-state index in [0.29, 0.717) is 0 Å². The largest absolute Gasteiger partial charge is 0.496 e. The average Bonchev–Trinajstić information content (AvgIpc) is 2.52. The van der Waals surface area contributed by atoms with Crippen LogP contribution in [0.25, 0.3) is 0 Å². The highest BCUT2D eigenvalue weighted by Crippen LogP contribution is 2.25. The average molecular weight is 287 g/mol. The minimum Gasteiger partial charge on any atom is -0.496 e. The molecule has 0 heterocycles. The molecule has 21 heavy (non-hydrogen) atoms. The molecule has 2 aromatic rings. The first kappa shape index (κ1) is 15.5. The third-order valence-electron chi connectivity index (χ3n) is 3.60. The van der Waals surface area contributed by atoms with Crippen LogP contribution in [-0.4, -0.2) is 13.7 Å². The third kappa shape index (κ3) is 4.30. The van der Waals surface area contributed by atoms with Crippen molar-refractivity contribution in [3.05, 3.63) is 65.5 Å². The molecule has 0 bridgehead atoms. The molecule has 0 spiro atoms. The summed E-state index contributed by atoms with van der Waals surface area (Å²) in [5.74, 6) is 0.533. The van der Waals surface area contributed by atoms with Crippen molar-refractivity contribution >= 4 is 0 Å². The lowest BCUT2D eigenvalue weighted by molar-refractivity contribution is 0.405. The Labute approximate surface area is 126 Å². The van der Waals surface area contributed by atoms with Gasteiger partial charge in [-0.25, -0.2) is 4.39 Å². The molecule has 1 atom stereocenters. The predicted molar refractivity (Wildman–Crippen MR) is 84.1 cm³/mol. The zero-order valence-corrected chi connectivity index (χ0v) is 12.6. The van der Waals surface area contributed by atoms with Gasteiger partial charge in [-0.2, -0.15) is 0 Å². The van der Waals surface area contributed by atoms with Crippen LogP contribution < -0.4 is 10.1 Å². The molecule has 0 aromatic heterocycles. The van der Waals surface area contributed by atoms with Crippen LogP contribution in [0.3, 0.4) is 0 Å². The molecule has 0 aliphatic rings. The predicted octanol–water partition coefficient (Wildman–Crippen LogP) is 4.12. The molecule has 2 rings (SSSR count). The molecule has 2 nitrogen and oxygen atoms in total. The molecule has 0 fully saturated rings. The highest BCUT2D eigenvalue weighted by Gasteiger charge is 2.12. The summed E-state index contributed by atoms with van der Waals surface area (Å²) < 4.78 is 18.7. The van der Waals surface area contributed by atoms with Gasteiger partial charge in [-0.15, -0.1) is 0 Å². The van der Waals surface area contributed by atoms with Gasteiger partial charge in [-0.1, -0.05) is 37.3 Å². The van der Waals surface area contributed by atoms with Gasteiger partial charge in [0, 0.05) is 6.04 Å². The van der Waals surface area contributed by atoms with Gasteiger partial charge in [0.25, 0.3) is 0 Å². The molecule has 0 aliphatic carbocycles. The summed E-state index contributed by atoms with van der Waals surface area (Å²) in [4.78, 5) is 0. The van der Waals surface area contributed by atoms with Crippen LogP contribution in [0, 0.1) is 5.82 Å². The minimum absolute atomic E-state index is 0.217. The molecular weight excluding hydrogens is 265 g/mol. The highest BCUT2D eigenvalue weighted by atomic mass is 19.1. The number of aryl methyl sites for hydroxylation is 1. The fourth-order valence-electron chi connectivity index (χ4n) is 2.56. The molecule has 0 amide bonds. The van der Waals surface area contributed by atoms with Crippen LogP contribution >= 0.6 is 0 Å². The molecular formula is C18H22FNO. The Bertz CT molecular complexity index is 556. The van der Waals surface area contributed by atoms with Gasteiger partial charge in [0.15, 0.2) is 0 Å². The maximum Gasteiger partial charge on any atom is 0.123 e. The summed E-state index contributed by atoms with van der Waals surface area (Å²) >= 11 is 0. The molecule has 3 heteroatoms. The summed E-state index contributed by atoms with van der Waals surface area (Å²) in [7, 11) is 1.62. The van der Waals surface area contributed by atoms with E-state index < -0.39 is 0 Å². The molecule has 1 N–H and O–H groups in total. The molecule has 0 saturated carbocycles. The Morgan fingerprint density at radius 3 is 2.57 bits per heavy atom. The quantitative estimate of drug-likeness (QED) is 0.827. The van der Waals surface area contributed by atoms with E-state index in [-0.39, 0.29) is 11.9 Å². The number of methoxy groups -OCH3 is 1. The maximum absolute atomic E-state index is 13.4. The fourth-order valence-corrected chi connectivity index (χ4v) is 2.56. The van der Waals surface area contributed by atoms with E-state index in [1.807, 2.05) is 18.2 Å². The normalized spacial score (nSPS) is 12.1. The van der Waals surface area contributed by atoms with Crippen molar-refractivity contribution in [3.63, 3.8) is 0 Å². The van der Waals surface area contributed by atoms with E-state index in [1.165, 1.54) is 11.6 Å².